The minimum atomic E-state index is -4.82. The van der Waals surface area contributed by atoms with Crippen LogP contribution in [0.5, 0.6) is 0 Å². The molecule has 2 aromatic carbocycles. The van der Waals surface area contributed by atoms with Crippen LogP contribution in [0.2, 0.25) is 0 Å². The van der Waals surface area contributed by atoms with E-state index in [1.54, 1.807) is 18.2 Å². The van der Waals surface area contributed by atoms with Crippen molar-refractivity contribution in [1.29, 1.82) is 0 Å². The third kappa shape index (κ3) is 5.95. The van der Waals surface area contributed by atoms with Crippen LogP contribution >= 0.6 is 0 Å². The van der Waals surface area contributed by atoms with Crippen molar-refractivity contribution >= 4 is 27.6 Å². The Balaban J connectivity index is 1.59. The van der Waals surface area contributed by atoms with Gasteiger partial charge in [-0.05, 0) is 56.5 Å². The number of ether oxygens (including phenoxy) is 1. The maximum atomic E-state index is 13.3. The second-order valence-corrected chi connectivity index (χ2v) is 10.0. The molecular formula is C23H25F3N2O5S. The molecule has 184 valence electrons. The van der Waals surface area contributed by atoms with Gasteiger partial charge in [0.05, 0.1) is 16.4 Å². The Labute approximate surface area is 196 Å². The average molecular weight is 499 g/mol. The fraction of sp³-hybridized carbons (Fsp3) is 0.391. The van der Waals surface area contributed by atoms with Gasteiger partial charge in [0.1, 0.15) is 0 Å². The lowest BCUT2D eigenvalue weighted by molar-refractivity contribution is -0.158. The Morgan fingerprint density at radius 2 is 1.74 bits per heavy atom. The molecular weight excluding hydrogens is 473 g/mol. The van der Waals surface area contributed by atoms with Crippen LogP contribution in [0.4, 0.5) is 18.9 Å². The van der Waals surface area contributed by atoms with Crippen molar-refractivity contribution in [1.82, 2.24) is 4.31 Å². The molecule has 7 nitrogen and oxygen atoms in total. The number of carbonyl (C=O) groups is 2. The van der Waals surface area contributed by atoms with Gasteiger partial charge in [-0.25, -0.2) is 8.42 Å². The summed E-state index contributed by atoms with van der Waals surface area (Å²) in [5, 5.41) is 2.66. The minimum Gasteiger partial charge on any atom is -0.452 e. The number of nitrogens with one attached hydrogen (secondary N) is 1. The van der Waals surface area contributed by atoms with Gasteiger partial charge in [0.25, 0.3) is 5.91 Å². The summed E-state index contributed by atoms with van der Waals surface area (Å²) in [4.78, 5) is 24.0. The van der Waals surface area contributed by atoms with E-state index in [9.17, 15) is 31.2 Å². The molecule has 1 unspecified atom stereocenters. The number of anilines is 1. The number of alkyl halides is 3. The lowest BCUT2D eigenvalue weighted by Gasteiger charge is -2.31. The zero-order chi connectivity index (χ0) is 25.1. The zero-order valence-corrected chi connectivity index (χ0v) is 19.4. The van der Waals surface area contributed by atoms with Gasteiger partial charge < -0.3 is 10.1 Å². The topological polar surface area (TPSA) is 92.8 Å². The Hall–Kier alpha value is -2.92. The van der Waals surface area contributed by atoms with Crippen molar-refractivity contribution < 1.29 is 35.9 Å². The van der Waals surface area contributed by atoms with Gasteiger partial charge in [-0.15, -0.1) is 0 Å². The summed E-state index contributed by atoms with van der Waals surface area (Å²) in [6.45, 7) is 3.01. The molecule has 0 spiro atoms. The van der Waals surface area contributed by atoms with E-state index in [-0.39, 0.29) is 25.9 Å². The van der Waals surface area contributed by atoms with Gasteiger partial charge in [-0.3, -0.25) is 9.59 Å². The molecule has 34 heavy (non-hydrogen) atoms. The van der Waals surface area contributed by atoms with Crippen LogP contribution in [-0.2, 0) is 30.5 Å². The molecule has 1 N–H and O–H groups in total. The van der Waals surface area contributed by atoms with Crippen LogP contribution in [0.25, 0.3) is 0 Å². The predicted molar refractivity (Wildman–Crippen MR) is 118 cm³/mol. The number of halogens is 3. The fourth-order valence-electron chi connectivity index (χ4n) is 3.69. The first-order valence-corrected chi connectivity index (χ1v) is 12.1. The summed E-state index contributed by atoms with van der Waals surface area (Å²) in [6.07, 6.45) is -5.76. The first-order chi connectivity index (χ1) is 15.9. The summed E-state index contributed by atoms with van der Waals surface area (Å²) < 4.78 is 71.7. The van der Waals surface area contributed by atoms with Gasteiger partial charge in [0, 0.05) is 18.8 Å². The number of rotatable bonds is 6. The smallest absolute Gasteiger partial charge is 0.417 e. The number of hydrogen-bond acceptors (Lipinski definition) is 5. The highest BCUT2D eigenvalue weighted by Gasteiger charge is 2.40. The summed E-state index contributed by atoms with van der Waals surface area (Å²) in [5.74, 6) is -1.83. The number of esters is 1. The molecule has 0 aromatic heterocycles. The third-order valence-corrected chi connectivity index (χ3v) is 7.50. The molecule has 1 aliphatic rings. The highest BCUT2D eigenvalue weighted by Crippen LogP contribution is 2.36. The molecule has 2 aromatic rings. The van der Waals surface area contributed by atoms with Gasteiger partial charge in [0.2, 0.25) is 10.0 Å². The standard InChI is InChI=1S/C23H25F3N2O5S/c1-15-6-5-7-18(14-15)27-21(29)16(2)33-22(30)17-10-12-28(13-11-17)34(31,32)20-9-4-3-8-19(20)23(24,25)26/h3-9,14,16-17H,10-13H2,1-2H3,(H,27,29). The van der Waals surface area contributed by atoms with Crippen molar-refractivity contribution in [2.45, 2.75) is 43.9 Å². The molecule has 1 fully saturated rings. The lowest BCUT2D eigenvalue weighted by Crippen LogP contribution is -2.42. The molecule has 1 atom stereocenters. The quantitative estimate of drug-likeness (QED) is 0.608. The number of piperidine rings is 1. The Morgan fingerprint density at radius 3 is 2.35 bits per heavy atom. The summed E-state index contributed by atoms with van der Waals surface area (Å²) in [6, 6.07) is 11.1. The molecule has 0 bridgehead atoms. The molecule has 1 saturated heterocycles. The Kier molecular flexibility index (Phi) is 7.67. The third-order valence-electron chi connectivity index (χ3n) is 5.55. The number of aryl methyl sites for hydroxylation is 1. The number of amides is 1. The van der Waals surface area contributed by atoms with Crippen LogP contribution in [0.1, 0.15) is 30.9 Å². The summed E-state index contributed by atoms with van der Waals surface area (Å²) >= 11 is 0. The number of carbonyl (C=O) groups excluding carboxylic acids is 2. The molecule has 1 heterocycles. The molecule has 0 radical (unpaired) electrons. The fourth-order valence-corrected chi connectivity index (χ4v) is 5.37. The van der Waals surface area contributed by atoms with Crippen molar-refractivity contribution in [3.05, 3.63) is 59.7 Å². The van der Waals surface area contributed by atoms with E-state index in [1.807, 2.05) is 13.0 Å². The van der Waals surface area contributed by atoms with Crippen LogP contribution in [0.15, 0.2) is 53.4 Å². The molecule has 1 aliphatic heterocycles. The van der Waals surface area contributed by atoms with E-state index in [1.165, 1.54) is 13.0 Å². The molecule has 0 saturated carbocycles. The van der Waals surface area contributed by atoms with E-state index < -0.39 is 50.6 Å². The van der Waals surface area contributed by atoms with E-state index >= 15 is 0 Å². The number of benzene rings is 2. The second-order valence-electron chi connectivity index (χ2n) is 8.11. The van der Waals surface area contributed by atoms with Gasteiger partial charge in [0.15, 0.2) is 6.10 Å². The van der Waals surface area contributed by atoms with Crippen LogP contribution in [-0.4, -0.2) is 43.8 Å². The van der Waals surface area contributed by atoms with Crippen molar-refractivity contribution in [2.75, 3.05) is 18.4 Å². The highest BCUT2D eigenvalue weighted by atomic mass is 32.2. The van der Waals surface area contributed by atoms with Crippen LogP contribution in [0.3, 0.4) is 0 Å². The average Bonchev–Trinajstić information content (AvgIpc) is 2.78. The summed E-state index contributed by atoms with van der Waals surface area (Å²) in [5.41, 5.74) is 0.276. The summed E-state index contributed by atoms with van der Waals surface area (Å²) in [7, 11) is -4.40. The lowest BCUT2D eigenvalue weighted by atomic mass is 9.98. The number of sulfonamides is 1. The predicted octanol–water partition coefficient (Wildman–Crippen LogP) is 3.98. The van der Waals surface area contributed by atoms with E-state index in [2.05, 4.69) is 5.32 Å². The molecule has 11 heteroatoms. The number of hydrogen-bond donors (Lipinski definition) is 1. The van der Waals surface area contributed by atoms with E-state index in [4.69, 9.17) is 4.74 Å². The number of nitrogens with zero attached hydrogens (tertiary/aromatic N) is 1. The van der Waals surface area contributed by atoms with Crippen molar-refractivity contribution in [3.63, 3.8) is 0 Å². The van der Waals surface area contributed by atoms with Crippen molar-refractivity contribution in [3.8, 4) is 0 Å². The molecule has 3 rings (SSSR count). The van der Waals surface area contributed by atoms with Gasteiger partial charge in [-0.1, -0.05) is 24.3 Å². The van der Waals surface area contributed by atoms with E-state index in [0.29, 0.717) is 5.69 Å². The maximum Gasteiger partial charge on any atom is 0.417 e. The normalized spacial score (nSPS) is 16.6. The van der Waals surface area contributed by atoms with Crippen LogP contribution in [0, 0.1) is 12.8 Å². The molecule has 1 amide bonds. The zero-order valence-electron chi connectivity index (χ0n) is 18.6. The van der Waals surface area contributed by atoms with E-state index in [0.717, 1.165) is 28.1 Å². The monoisotopic (exact) mass is 498 g/mol. The first kappa shape index (κ1) is 25.7. The second kappa shape index (κ2) is 10.1. The molecule has 0 aliphatic carbocycles. The SMILES string of the molecule is Cc1cccc(NC(=O)C(C)OC(=O)C2CCN(S(=O)(=O)c3ccccc3C(F)(F)F)CC2)c1. The Bertz CT molecular complexity index is 1160. The van der Waals surface area contributed by atoms with Crippen LogP contribution < -0.4 is 5.32 Å². The minimum absolute atomic E-state index is 0.0679. The first-order valence-electron chi connectivity index (χ1n) is 10.6. The maximum absolute atomic E-state index is 13.3. The van der Waals surface area contributed by atoms with Gasteiger partial charge >= 0.3 is 12.1 Å². The van der Waals surface area contributed by atoms with Crippen molar-refractivity contribution in [2.24, 2.45) is 5.92 Å². The van der Waals surface area contributed by atoms with Gasteiger partial charge in [-0.2, -0.15) is 17.5 Å². The Morgan fingerprint density at radius 1 is 1.09 bits per heavy atom. The highest BCUT2D eigenvalue weighted by molar-refractivity contribution is 7.89. The largest absolute Gasteiger partial charge is 0.452 e.